The van der Waals surface area contributed by atoms with E-state index in [0.717, 1.165) is 33.1 Å². The molecule has 22 heavy (non-hydrogen) atoms. The van der Waals surface area contributed by atoms with E-state index in [2.05, 4.69) is 9.97 Å². The monoisotopic (exact) mass is 333 g/mol. The van der Waals surface area contributed by atoms with E-state index >= 15 is 0 Å². The minimum atomic E-state index is -0.413. The van der Waals surface area contributed by atoms with Crippen molar-refractivity contribution in [3.05, 3.63) is 57.4 Å². The fourth-order valence-corrected chi connectivity index (χ4v) is 3.21. The Kier molecular flexibility index (Phi) is 4.04. The van der Waals surface area contributed by atoms with E-state index in [1.807, 2.05) is 19.1 Å². The molecule has 3 rings (SSSR count). The first-order valence-electron chi connectivity index (χ1n) is 6.67. The molecule has 2 aromatic carbocycles. The number of rotatable bonds is 4. The highest BCUT2D eigenvalue weighted by molar-refractivity contribution is 7.99. The Balaban J connectivity index is 1.92. The summed E-state index contributed by atoms with van der Waals surface area (Å²) in [6, 6.07) is 10.2. The molecule has 0 aliphatic rings. The van der Waals surface area contributed by atoms with E-state index in [-0.39, 0.29) is 5.69 Å². The second kappa shape index (κ2) is 5.98. The molecule has 0 bridgehead atoms. The van der Waals surface area contributed by atoms with Gasteiger partial charge in [-0.2, -0.15) is 0 Å². The second-order valence-corrected chi connectivity index (χ2v) is 6.21. The van der Waals surface area contributed by atoms with Gasteiger partial charge in [-0.05, 0) is 24.3 Å². The molecule has 0 amide bonds. The predicted octanol–water partition coefficient (Wildman–Crippen LogP) is 4.84. The van der Waals surface area contributed by atoms with Crippen LogP contribution in [0, 0.1) is 10.1 Å². The lowest BCUT2D eigenvalue weighted by atomic mass is 10.3. The smallest absolute Gasteiger partial charge is 0.269 e. The Morgan fingerprint density at radius 2 is 2.05 bits per heavy atom. The number of nitro benzene ring substituents is 1. The molecular weight excluding hydrogens is 322 g/mol. The molecule has 0 radical (unpaired) electrons. The maximum Gasteiger partial charge on any atom is 0.269 e. The van der Waals surface area contributed by atoms with Crippen LogP contribution in [0.4, 0.5) is 5.69 Å². The fourth-order valence-electron chi connectivity index (χ4n) is 2.07. The molecular formula is C15H12ClN3O2S. The highest BCUT2D eigenvalue weighted by Gasteiger charge is 2.10. The van der Waals surface area contributed by atoms with E-state index in [0.29, 0.717) is 5.02 Å². The summed E-state index contributed by atoms with van der Waals surface area (Å²) < 4.78 is 0. The van der Waals surface area contributed by atoms with Crippen LogP contribution in [-0.2, 0) is 6.42 Å². The second-order valence-electron chi connectivity index (χ2n) is 4.69. The summed E-state index contributed by atoms with van der Waals surface area (Å²) in [5.41, 5.74) is 1.85. The van der Waals surface area contributed by atoms with Gasteiger partial charge in [-0.3, -0.25) is 10.1 Å². The van der Waals surface area contributed by atoms with E-state index in [1.165, 1.54) is 23.9 Å². The van der Waals surface area contributed by atoms with Crippen LogP contribution >= 0.6 is 23.4 Å². The first kappa shape index (κ1) is 14.9. The van der Waals surface area contributed by atoms with Gasteiger partial charge in [0, 0.05) is 28.3 Å². The first-order valence-corrected chi connectivity index (χ1v) is 7.86. The van der Waals surface area contributed by atoms with Gasteiger partial charge in [-0.1, -0.05) is 30.3 Å². The van der Waals surface area contributed by atoms with Gasteiger partial charge >= 0.3 is 0 Å². The number of hydrogen-bond donors (Lipinski definition) is 1. The van der Waals surface area contributed by atoms with Crippen molar-refractivity contribution in [1.29, 1.82) is 0 Å². The Labute approximate surface area is 135 Å². The summed E-state index contributed by atoms with van der Waals surface area (Å²) in [5.74, 6) is 0.920. The number of halogens is 1. The lowest BCUT2D eigenvalue weighted by Crippen LogP contribution is -1.86. The molecule has 0 saturated carbocycles. The highest BCUT2D eigenvalue weighted by Crippen LogP contribution is 2.36. The molecule has 0 fully saturated rings. The minimum Gasteiger partial charge on any atom is -0.342 e. The molecule has 1 aromatic heterocycles. The third-order valence-corrected chi connectivity index (χ3v) is 4.69. The molecule has 5 nitrogen and oxygen atoms in total. The number of fused-ring (bicyclic) bond motifs is 1. The Morgan fingerprint density at radius 1 is 1.32 bits per heavy atom. The molecule has 0 atom stereocenters. The molecule has 3 aromatic rings. The van der Waals surface area contributed by atoms with E-state index in [4.69, 9.17) is 11.6 Å². The third kappa shape index (κ3) is 2.93. The van der Waals surface area contributed by atoms with Gasteiger partial charge < -0.3 is 4.98 Å². The Hall–Kier alpha value is -2.05. The van der Waals surface area contributed by atoms with Crippen molar-refractivity contribution in [2.75, 3.05) is 0 Å². The topological polar surface area (TPSA) is 71.8 Å². The van der Waals surface area contributed by atoms with Crippen LogP contribution in [0.15, 0.2) is 46.2 Å². The fraction of sp³-hybridized carbons (Fsp3) is 0.133. The summed E-state index contributed by atoms with van der Waals surface area (Å²) in [6.45, 7) is 2.03. The SMILES string of the molecule is CCc1nc2cc(Sc3ccc([N+](=O)[O-])cc3)c(Cl)cc2[nH]1. The van der Waals surface area contributed by atoms with Gasteiger partial charge in [0.1, 0.15) is 5.82 Å². The minimum absolute atomic E-state index is 0.0748. The molecule has 0 aliphatic heterocycles. The van der Waals surface area contributed by atoms with Crippen molar-refractivity contribution >= 4 is 40.1 Å². The quantitative estimate of drug-likeness (QED) is 0.548. The number of aryl methyl sites for hydroxylation is 1. The van der Waals surface area contributed by atoms with Crippen molar-refractivity contribution in [1.82, 2.24) is 9.97 Å². The number of hydrogen-bond acceptors (Lipinski definition) is 4. The summed E-state index contributed by atoms with van der Waals surface area (Å²) in [6.07, 6.45) is 0.830. The number of H-pyrrole nitrogens is 1. The number of benzene rings is 2. The van der Waals surface area contributed by atoms with Crippen LogP contribution in [0.25, 0.3) is 11.0 Å². The van der Waals surface area contributed by atoms with Gasteiger partial charge in [0.2, 0.25) is 0 Å². The standard InChI is InChI=1S/C15H12ClN3O2S/c1-2-15-17-12-7-11(16)14(8-13(12)18-15)22-10-5-3-9(4-6-10)19(20)21/h3-8H,2H2,1H3,(H,17,18). The van der Waals surface area contributed by atoms with Crippen molar-refractivity contribution < 1.29 is 4.92 Å². The summed E-state index contributed by atoms with van der Waals surface area (Å²) in [7, 11) is 0. The van der Waals surface area contributed by atoms with E-state index < -0.39 is 4.92 Å². The lowest BCUT2D eigenvalue weighted by molar-refractivity contribution is -0.384. The molecule has 1 N–H and O–H groups in total. The molecule has 0 aliphatic carbocycles. The van der Waals surface area contributed by atoms with Gasteiger partial charge in [0.05, 0.1) is 21.0 Å². The van der Waals surface area contributed by atoms with Gasteiger partial charge in [-0.15, -0.1) is 0 Å². The van der Waals surface area contributed by atoms with Gasteiger partial charge in [0.25, 0.3) is 5.69 Å². The normalized spacial score (nSPS) is 11.0. The zero-order valence-corrected chi connectivity index (χ0v) is 13.2. The number of imidazole rings is 1. The number of nitrogens with zero attached hydrogens (tertiary/aromatic N) is 2. The maximum atomic E-state index is 10.7. The number of nitrogens with one attached hydrogen (secondary N) is 1. The Bertz CT molecular complexity index is 846. The zero-order valence-electron chi connectivity index (χ0n) is 11.7. The van der Waals surface area contributed by atoms with Crippen LogP contribution in [-0.4, -0.2) is 14.9 Å². The van der Waals surface area contributed by atoms with Crippen LogP contribution < -0.4 is 0 Å². The maximum absolute atomic E-state index is 10.7. The van der Waals surface area contributed by atoms with Crippen LogP contribution in [0.1, 0.15) is 12.7 Å². The number of non-ortho nitro benzene ring substituents is 1. The Morgan fingerprint density at radius 3 is 2.68 bits per heavy atom. The average Bonchev–Trinajstić information content (AvgIpc) is 2.90. The largest absolute Gasteiger partial charge is 0.342 e. The molecule has 0 spiro atoms. The number of aromatic amines is 1. The summed E-state index contributed by atoms with van der Waals surface area (Å²) >= 11 is 7.77. The average molecular weight is 334 g/mol. The summed E-state index contributed by atoms with van der Waals surface area (Å²) in [5, 5.41) is 11.3. The predicted molar refractivity (Wildman–Crippen MR) is 87.7 cm³/mol. The zero-order chi connectivity index (χ0) is 15.7. The van der Waals surface area contributed by atoms with E-state index in [9.17, 15) is 10.1 Å². The van der Waals surface area contributed by atoms with Crippen LogP contribution in [0.3, 0.4) is 0 Å². The van der Waals surface area contributed by atoms with Gasteiger partial charge in [0.15, 0.2) is 0 Å². The highest BCUT2D eigenvalue weighted by atomic mass is 35.5. The molecule has 7 heteroatoms. The molecule has 0 saturated heterocycles. The van der Waals surface area contributed by atoms with Crippen molar-refractivity contribution in [2.24, 2.45) is 0 Å². The van der Waals surface area contributed by atoms with Crippen molar-refractivity contribution in [3.63, 3.8) is 0 Å². The van der Waals surface area contributed by atoms with Crippen molar-refractivity contribution in [2.45, 2.75) is 23.1 Å². The third-order valence-electron chi connectivity index (χ3n) is 3.19. The van der Waals surface area contributed by atoms with Crippen molar-refractivity contribution in [3.8, 4) is 0 Å². The number of aromatic nitrogens is 2. The van der Waals surface area contributed by atoms with Crippen LogP contribution in [0.5, 0.6) is 0 Å². The molecule has 112 valence electrons. The van der Waals surface area contributed by atoms with Gasteiger partial charge in [-0.25, -0.2) is 4.98 Å². The lowest BCUT2D eigenvalue weighted by Gasteiger charge is -2.04. The molecule has 1 heterocycles. The number of nitro groups is 1. The first-order chi connectivity index (χ1) is 10.6. The van der Waals surface area contributed by atoms with E-state index in [1.54, 1.807) is 12.1 Å². The van der Waals surface area contributed by atoms with Crippen LogP contribution in [0.2, 0.25) is 5.02 Å². The molecule has 0 unspecified atom stereocenters. The summed E-state index contributed by atoms with van der Waals surface area (Å²) in [4.78, 5) is 19.7.